The first-order chi connectivity index (χ1) is 14.0. The molecule has 0 fully saturated rings. The van der Waals surface area contributed by atoms with Gasteiger partial charge in [-0.15, -0.1) is 0 Å². The zero-order chi connectivity index (χ0) is 20.8. The van der Waals surface area contributed by atoms with Crippen LogP contribution in [0.3, 0.4) is 0 Å². The van der Waals surface area contributed by atoms with Crippen molar-refractivity contribution in [2.45, 2.75) is 19.9 Å². The molecule has 1 aliphatic heterocycles. The van der Waals surface area contributed by atoms with Crippen molar-refractivity contribution < 1.29 is 9.37 Å². The van der Waals surface area contributed by atoms with E-state index in [0.29, 0.717) is 5.56 Å². The van der Waals surface area contributed by atoms with E-state index < -0.39 is 0 Å². The number of aryl methyl sites for hydroxylation is 1. The van der Waals surface area contributed by atoms with E-state index >= 15 is 0 Å². The number of carbonyl (C=O) groups excluding carboxylic acids is 1. The number of aromatic nitrogens is 1. The molecule has 0 aliphatic carbocycles. The van der Waals surface area contributed by atoms with Crippen LogP contribution in [-0.4, -0.2) is 35.8 Å². The molecule has 1 aromatic heterocycles. The third kappa shape index (κ3) is 5.22. The smallest absolute Gasteiger partial charge is 0.257 e. The van der Waals surface area contributed by atoms with Crippen molar-refractivity contribution in [3.05, 3.63) is 82.8 Å². The Kier molecular flexibility index (Phi) is 6.29. The summed E-state index contributed by atoms with van der Waals surface area (Å²) in [4.78, 5) is 16.8. The van der Waals surface area contributed by atoms with Crippen LogP contribution in [0.4, 0.5) is 11.5 Å². The lowest BCUT2D eigenvalue weighted by Crippen LogP contribution is -2.21. The first-order valence-corrected chi connectivity index (χ1v) is 9.42. The number of carbonyl (C=O) groups is 1. The molecule has 1 atom stereocenters. The summed E-state index contributed by atoms with van der Waals surface area (Å²) in [6, 6.07) is 9.49. The topological polar surface area (TPSA) is 83.2 Å². The Bertz CT molecular complexity index is 993. The fourth-order valence-corrected chi connectivity index (χ4v) is 2.93. The Balaban J connectivity index is 1.58. The predicted octanol–water partition coefficient (Wildman–Crippen LogP) is 3.75. The SMILES string of the molecule is CNc1ncc(C(=O)Nc2cccc(C(C)[N-]C=CNC3=C[N+](C)=C3)c2)cc1C. The lowest BCUT2D eigenvalue weighted by atomic mass is 10.1. The first-order valence-electron chi connectivity index (χ1n) is 9.42. The molecule has 1 aliphatic rings. The second-order valence-electron chi connectivity index (χ2n) is 6.88. The van der Waals surface area contributed by atoms with Crippen molar-refractivity contribution in [2.24, 2.45) is 0 Å². The quantitative estimate of drug-likeness (QED) is 0.600. The third-order valence-electron chi connectivity index (χ3n) is 4.52. The average molecular weight is 390 g/mol. The minimum Gasteiger partial charge on any atom is -0.683 e. The van der Waals surface area contributed by atoms with Gasteiger partial charge in [0.2, 0.25) is 0 Å². The maximum atomic E-state index is 12.6. The largest absolute Gasteiger partial charge is 0.683 e. The van der Waals surface area contributed by atoms with Gasteiger partial charge in [-0.25, -0.2) is 9.56 Å². The average Bonchev–Trinajstić information content (AvgIpc) is 2.69. The van der Waals surface area contributed by atoms with Gasteiger partial charge in [0.05, 0.1) is 5.56 Å². The van der Waals surface area contributed by atoms with Crippen molar-refractivity contribution in [3.63, 3.8) is 0 Å². The van der Waals surface area contributed by atoms with Crippen LogP contribution in [0.5, 0.6) is 0 Å². The number of anilines is 2. The van der Waals surface area contributed by atoms with Crippen molar-refractivity contribution in [1.82, 2.24) is 10.3 Å². The highest BCUT2D eigenvalue weighted by molar-refractivity contribution is 6.04. The highest BCUT2D eigenvalue weighted by atomic mass is 16.1. The molecule has 3 rings (SSSR count). The maximum Gasteiger partial charge on any atom is 0.257 e. The van der Waals surface area contributed by atoms with Gasteiger partial charge in [0, 0.05) is 18.9 Å². The summed E-state index contributed by atoms with van der Waals surface area (Å²) in [6.45, 7) is 3.93. The van der Waals surface area contributed by atoms with Gasteiger partial charge < -0.3 is 21.3 Å². The molecule has 0 radical (unpaired) electrons. The third-order valence-corrected chi connectivity index (χ3v) is 4.52. The fraction of sp³-hybridized carbons (Fsp3) is 0.227. The van der Waals surface area contributed by atoms with Crippen LogP contribution in [-0.2, 0) is 0 Å². The molecule has 1 unspecified atom stereocenters. The highest BCUT2D eigenvalue weighted by Gasteiger charge is 2.10. The Labute approximate surface area is 171 Å². The summed E-state index contributed by atoms with van der Waals surface area (Å²) in [6.07, 6.45) is 9.11. The molecule has 0 bridgehead atoms. The number of pyridine rings is 1. The molecular formula is C22H26N6O. The summed E-state index contributed by atoms with van der Waals surface area (Å²) in [5.41, 5.74) is 4.23. The van der Waals surface area contributed by atoms with E-state index in [0.717, 1.165) is 28.3 Å². The number of hydrogen-bond donors (Lipinski definition) is 3. The Hall–Kier alpha value is -3.61. The van der Waals surface area contributed by atoms with E-state index in [4.69, 9.17) is 0 Å². The van der Waals surface area contributed by atoms with E-state index in [-0.39, 0.29) is 11.9 Å². The molecular weight excluding hydrogens is 364 g/mol. The number of benzene rings is 1. The van der Waals surface area contributed by atoms with E-state index in [2.05, 4.69) is 26.3 Å². The van der Waals surface area contributed by atoms with E-state index in [1.54, 1.807) is 19.4 Å². The van der Waals surface area contributed by atoms with Crippen LogP contribution >= 0.6 is 0 Å². The summed E-state index contributed by atoms with van der Waals surface area (Å²) < 4.78 is 1.97. The lowest BCUT2D eigenvalue weighted by molar-refractivity contribution is -0.429. The number of hydrogen-bond acceptors (Lipinski definition) is 4. The second kappa shape index (κ2) is 9.05. The molecule has 1 aromatic carbocycles. The van der Waals surface area contributed by atoms with Crippen LogP contribution in [0.15, 0.2) is 60.8 Å². The van der Waals surface area contributed by atoms with E-state index in [1.807, 2.05) is 74.4 Å². The number of allylic oxidation sites excluding steroid dienone is 1. The van der Waals surface area contributed by atoms with Crippen LogP contribution < -0.4 is 16.0 Å². The van der Waals surface area contributed by atoms with Crippen molar-refractivity contribution in [2.75, 3.05) is 24.7 Å². The minimum atomic E-state index is -0.191. The van der Waals surface area contributed by atoms with E-state index in [1.165, 1.54) is 0 Å². The van der Waals surface area contributed by atoms with Crippen LogP contribution in [0, 0.1) is 6.92 Å². The van der Waals surface area contributed by atoms with Crippen molar-refractivity contribution in [1.29, 1.82) is 0 Å². The Morgan fingerprint density at radius 1 is 1.31 bits per heavy atom. The molecule has 1 amide bonds. The highest BCUT2D eigenvalue weighted by Crippen LogP contribution is 2.24. The molecule has 2 aromatic rings. The molecule has 3 N–H and O–H groups in total. The number of nitrogens with zero attached hydrogens (tertiary/aromatic N) is 3. The van der Waals surface area contributed by atoms with Crippen LogP contribution in [0.2, 0.25) is 0 Å². The first kappa shape index (κ1) is 20.1. The number of rotatable bonds is 8. The van der Waals surface area contributed by atoms with Crippen molar-refractivity contribution in [3.8, 4) is 0 Å². The number of amides is 1. The summed E-state index contributed by atoms with van der Waals surface area (Å²) >= 11 is 0. The van der Waals surface area contributed by atoms with Gasteiger partial charge in [0.25, 0.3) is 5.91 Å². The zero-order valence-corrected chi connectivity index (χ0v) is 17.1. The van der Waals surface area contributed by atoms with Gasteiger partial charge >= 0.3 is 0 Å². The monoisotopic (exact) mass is 390 g/mol. The molecule has 0 spiro atoms. The van der Waals surface area contributed by atoms with Gasteiger partial charge in [-0.05, 0) is 36.9 Å². The predicted molar refractivity (Wildman–Crippen MR) is 117 cm³/mol. The van der Waals surface area contributed by atoms with Crippen LogP contribution in [0.25, 0.3) is 5.32 Å². The lowest BCUT2D eigenvalue weighted by Gasteiger charge is -2.26. The van der Waals surface area contributed by atoms with Gasteiger partial charge in [0.15, 0.2) is 18.1 Å². The molecule has 0 saturated heterocycles. The number of nitrogens with one attached hydrogen (secondary N) is 3. The molecule has 150 valence electrons. The summed E-state index contributed by atoms with van der Waals surface area (Å²) in [5.74, 6) is 0.573. The summed E-state index contributed by atoms with van der Waals surface area (Å²) in [7, 11) is 3.78. The summed E-state index contributed by atoms with van der Waals surface area (Å²) in [5, 5.41) is 13.6. The van der Waals surface area contributed by atoms with Gasteiger partial charge in [-0.1, -0.05) is 30.7 Å². The molecule has 2 heterocycles. The standard InChI is InChI=1S/C22H26N6O/c1-15-10-18(12-26-21(15)23-3)22(29)27-19-7-5-6-17(11-19)16(2)24-8-9-25-20-13-28(4)14-20/h5-14,16,25H,1-4H3,(H2,23,26,27,29). The van der Waals surface area contributed by atoms with Gasteiger partial charge in [0.1, 0.15) is 12.9 Å². The van der Waals surface area contributed by atoms with Crippen LogP contribution in [0.1, 0.15) is 34.5 Å². The molecule has 29 heavy (non-hydrogen) atoms. The molecule has 7 heteroatoms. The second-order valence-corrected chi connectivity index (χ2v) is 6.88. The Morgan fingerprint density at radius 2 is 2.10 bits per heavy atom. The van der Waals surface area contributed by atoms with Gasteiger partial charge in [-0.3, -0.25) is 4.79 Å². The maximum absolute atomic E-state index is 12.6. The zero-order valence-electron chi connectivity index (χ0n) is 17.1. The van der Waals surface area contributed by atoms with Gasteiger partial charge in [-0.2, -0.15) is 6.20 Å². The molecule has 0 saturated carbocycles. The van der Waals surface area contributed by atoms with Crippen molar-refractivity contribution >= 4 is 23.6 Å². The van der Waals surface area contributed by atoms with E-state index in [9.17, 15) is 4.79 Å². The fourth-order valence-electron chi connectivity index (χ4n) is 2.93. The normalized spacial score (nSPS) is 13.8. The molecule has 7 nitrogen and oxygen atoms in total. The Morgan fingerprint density at radius 3 is 2.79 bits per heavy atom. The minimum absolute atomic E-state index is 0.0363.